The summed E-state index contributed by atoms with van der Waals surface area (Å²) in [4.78, 5) is 9.33. The molecule has 5 heteroatoms. The second-order valence-corrected chi connectivity index (χ2v) is 13.4. The zero-order chi connectivity index (χ0) is 35.3. The number of hydrogen-bond acceptors (Lipinski definition) is 3. The van der Waals surface area contributed by atoms with E-state index in [2.05, 4.69) is 159 Å². The molecule has 11 aromatic rings. The van der Waals surface area contributed by atoms with Crippen LogP contribution in [0.4, 0.5) is 0 Å². The van der Waals surface area contributed by atoms with Crippen LogP contribution in [0.3, 0.4) is 0 Å². The van der Waals surface area contributed by atoms with Gasteiger partial charge in [0.1, 0.15) is 23.0 Å². The van der Waals surface area contributed by atoms with E-state index in [0.717, 1.165) is 27.6 Å². The average Bonchev–Trinajstić information content (AvgIpc) is 3.63. The van der Waals surface area contributed by atoms with Crippen molar-refractivity contribution in [2.45, 2.75) is 0 Å². The summed E-state index contributed by atoms with van der Waals surface area (Å²) < 4.78 is 6.99. The summed E-state index contributed by atoms with van der Waals surface area (Å²) in [5.41, 5.74) is 10.0. The molecule has 0 aliphatic heterocycles. The summed E-state index contributed by atoms with van der Waals surface area (Å²) in [5, 5.41) is 9.66. The van der Waals surface area contributed by atoms with Crippen molar-refractivity contribution in [3.05, 3.63) is 182 Å². The monoisotopic (exact) mass is 699 g/mol. The third kappa shape index (κ3) is 5.31. The lowest BCUT2D eigenvalue weighted by Crippen LogP contribution is -1.93. The van der Waals surface area contributed by atoms with Crippen molar-refractivity contribution in [2.75, 3.05) is 0 Å². The van der Waals surface area contributed by atoms with Gasteiger partial charge >= 0.3 is 0 Å². The van der Waals surface area contributed by atoms with Crippen LogP contribution < -0.4 is 4.29 Å². The van der Waals surface area contributed by atoms with E-state index in [0.29, 0.717) is 5.75 Å². The molecule has 0 amide bonds. The van der Waals surface area contributed by atoms with Crippen molar-refractivity contribution in [1.29, 1.82) is 0 Å². The molecule has 0 saturated carbocycles. The maximum Gasteiger partial charge on any atom is 0.172 e. The van der Waals surface area contributed by atoms with Gasteiger partial charge in [0, 0.05) is 22.4 Å². The first kappa shape index (κ1) is 31.0. The Kier molecular flexibility index (Phi) is 7.48. The fraction of sp³-hybridized carbons (Fsp3) is 0. The van der Waals surface area contributed by atoms with Crippen LogP contribution in [-0.2, 0) is 0 Å². The van der Waals surface area contributed by atoms with Gasteiger partial charge in [-0.05, 0) is 91.6 Å². The molecule has 0 radical (unpaired) electrons. The SMILES string of the molecule is ClOc1cccc2cccnc12.c1ccc(-c2ccc3cc(-c4ccc5c6ccc7ccccc7c6c6nc7ccccc7n6c5c4)ccc3c2)cc1. The van der Waals surface area contributed by atoms with Crippen molar-refractivity contribution in [3.8, 4) is 28.0 Å². The number of pyridine rings is 2. The molecule has 0 fully saturated rings. The van der Waals surface area contributed by atoms with Crippen molar-refractivity contribution < 1.29 is 4.29 Å². The highest BCUT2D eigenvalue weighted by Gasteiger charge is 2.16. The molecule has 0 saturated heterocycles. The van der Waals surface area contributed by atoms with Crippen LogP contribution in [0.25, 0.3) is 93.1 Å². The van der Waals surface area contributed by atoms with E-state index in [-0.39, 0.29) is 0 Å². The highest BCUT2D eigenvalue weighted by Crippen LogP contribution is 2.38. The Hall–Kier alpha value is -6.75. The number of imidazole rings is 1. The first-order chi connectivity index (χ1) is 26.2. The van der Waals surface area contributed by atoms with Crippen LogP contribution in [-0.4, -0.2) is 14.4 Å². The van der Waals surface area contributed by atoms with E-state index >= 15 is 0 Å². The molecule has 3 heterocycles. The Balaban J connectivity index is 0.000000248. The van der Waals surface area contributed by atoms with Crippen LogP contribution in [0.15, 0.2) is 182 Å². The molecule has 0 N–H and O–H groups in total. The summed E-state index contributed by atoms with van der Waals surface area (Å²) in [5.74, 6) is 0.592. The van der Waals surface area contributed by atoms with E-state index in [9.17, 15) is 0 Å². The minimum atomic E-state index is 0.592. The van der Waals surface area contributed by atoms with Gasteiger partial charge in [-0.3, -0.25) is 9.38 Å². The van der Waals surface area contributed by atoms with Crippen LogP contribution in [0.5, 0.6) is 5.75 Å². The number of hydrogen-bond donors (Lipinski definition) is 0. The second-order valence-electron chi connectivity index (χ2n) is 13.3. The lowest BCUT2D eigenvalue weighted by atomic mass is 9.95. The van der Waals surface area contributed by atoms with Crippen LogP contribution >= 0.6 is 11.9 Å². The largest absolute Gasteiger partial charge is 0.383 e. The maximum atomic E-state index is 5.27. The van der Waals surface area contributed by atoms with Crippen molar-refractivity contribution >= 4 is 82.7 Å². The molecule has 4 nitrogen and oxygen atoms in total. The summed E-state index contributed by atoms with van der Waals surface area (Å²) in [6.07, 6.45) is 1.71. The summed E-state index contributed by atoms with van der Waals surface area (Å²) in [7, 11) is 0. The van der Waals surface area contributed by atoms with Gasteiger partial charge in [0.25, 0.3) is 0 Å². The molecule has 53 heavy (non-hydrogen) atoms. The minimum absolute atomic E-state index is 0.592. The van der Waals surface area contributed by atoms with Gasteiger partial charge in [-0.25, -0.2) is 4.98 Å². The van der Waals surface area contributed by atoms with E-state index in [1.54, 1.807) is 12.3 Å². The van der Waals surface area contributed by atoms with Gasteiger partial charge in [0.15, 0.2) is 5.75 Å². The molecule has 0 aliphatic rings. The molecule has 0 atom stereocenters. The molecule has 8 aromatic carbocycles. The summed E-state index contributed by atoms with van der Waals surface area (Å²) >= 11 is 5.27. The van der Waals surface area contributed by atoms with Gasteiger partial charge in [0.05, 0.1) is 16.6 Å². The molecule has 0 unspecified atom stereocenters. The molecule has 0 spiro atoms. The van der Waals surface area contributed by atoms with Crippen LogP contribution in [0.1, 0.15) is 0 Å². The van der Waals surface area contributed by atoms with Crippen molar-refractivity contribution in [3.63, 3.8) is 0 Å². The zero-order valence-electron chi connectivity index (χ0n) is 28.4. The molecule has 0 bridgehead atoms. The quantitative estimate of drug-likeness (QED) is 0.172. The fourth-order valence-electron chi connectivity index (χ4n) is 7.67. The average molecular weight is 700 g/mol. The summed E-state index contributed by atoms with van der Waals surface area (Å²) in [6.45, 7) is 0. The van der Waals surface area contributed by atoms with Crippen LogP contribution in [0.2, 0.25) is 0 Å². The predicted molar refractivity (Wildman–Crippen MR) is 222 cm³/mol. The normalized spacial score (nSPS) is 11.5. The number of aromatic nitrogens is 3. The Morgan fingerprint density at radius 3 is 1.96 bits per heavy atom. The van der Waals surface area contributed by atoms with E-state index in [1.165, 1.54) is 65.5 Å². The van der Waals surface area contributed by atoms with Crippen molar-refractivity contribution in [1.82, 2.24) is 14.4 Å². The van der Waals surface area contributed by atoms with Gasteiger partial charge in [0.2, 0.25) is 0 Å². The van der Waals surface area contributed by atoms with Gasteiger partial charge < -0.3 is 4.29 Å². The lowest BCUT2D eigenvalue weighted by Gasteiger charge is -2.13. The number of rotatable bonds is 3. The van der Waals surface area contributed by atoms with E-state index < -0.39 is 0 Å². The first-order valence-corrected chi connectivity index (χ1v) is 17.9. The number of benzene rings is 8. The topological polar surface area (TPSA) is 39.4 Å². The van der Waals surface area contributed by atoms with E-state index in [4.69, 9.17) is 16.9 Å². The second kappa shape index (κ2) is 12.8. The van der Waals surface area contributed by atoms with Crippen molar-refractivity contribution in [2.24, 2.45) is 0 Å². The molecular weight excluding hydrogens is 670 g/mol. The Morgan fingerprint density at radius 2 is 1.11 bits per heavy atom. The highest BCUT2D eigenvalue weighted by atomic mass is 35.5. The first-order valence-electron chi connectivity index (χ1n) is 17.6. The van der Waals surface area contributed by atoms with Gasteiger partial charge in [-0.2, -0.15) is 0 Å². The third-order valence-electron chi connectivity index (χ3n) is 10.2. The molecule has 11 rings (SSSR count). The smallest absolute Gasteiger partial charge is 0.172 e. The molecule has 3 aromatic heterocycles. The number of para-hydroxylation sites is 3. The standard InChI is InChI=1S/C39H24N2.C9H6ClNO/c1-2-8-25(9-3-1)27-14-15-29-23-30(17-16-28(29)22-27)31-19-20-33-34-21-18-26-10-4-5-11-32(26)38(34)39-40-35-12-6-7-13-36(35)41(39)37(33)24-31;10-12-8-5-1-3-7-4-2-6-11-9(7)8/h1-24H;1-6H. The Morgan fingerprint density at radius 1 is 0.453 bits per heavy atom. The van der Waals surface area contributed by atoms with Gasteiger partial charge in [-0.15, -0.1) is 0 Å². The third-order valence-corrected chi connectivity index (χ3v) is 10.4. The maximum absolute atomic E-state index is 5.27. The number of halogens is 1. The molecule has 250 valence electrons. The molecular formula is C48H30ClN3O. The lowest BCUT2D eigenvalue weighted by molar-refractivity contribution is 0.625. The summed E-state index contributed by atoms with van der Waals surface area (Å²) in [6, 6.07) is 62.1. The number of fused-ring (bicyclic) bond motifs is 12. The van der Waals surface area contributed by atoms with Gasteiger partial charge in [-0.1, -0.05) is 133 Å². The zero-order valence-corrected chi connectivity index (χ0v) is 29.2. The Bertz CT molecular complexity index is 3170. The molecule has 0 aliphatic carbocycles. The Labute approximate surface area is 310 Å². The predicted octanol–water partition coefficient (Wildman–Crippen LogP) is 13.2. The highest BCUT2D eigenvalue weighted by molar-refractivity contribution is 6.23. The number of nitrogens with zero attached hydrogens (tertiary/aromatic N) is 3. The van der Waals surface area contributed by atoms with E-state index in [1.807, 2.05) is 24.3 Å². The van der Waals surface area contributed by atoms with Crippen LogP contribution in [0, 0.1) is 0 Å². The fourth-order valence-corrected chi connectivity index (χ4v) is 7.80. The minimum Gasteiger partial charge on any atom is -0.383 e.